The second kappa shape index (κ2) is 6.30. The number of amides is 1. The second-order valence-electron chi connectivity index (χ2n) is 6.39. The van der Waals surface area contributed by atoms with Gasteiger partial charge in [0.2, 0.25) is 5.91 Å². The summed E-state index contributed by atoms with van der Waals surface area (Å²) in [5.74, 6) is 1.55. The van der Waals surface area contributed by atoms with E-state index < -0.39 is 0 Å². The molecule has 3 nitrogen and oxygen atoms in total. The van der Waals surface area contributed by atoms with Crippen molar-refractivity contribution in [1.29, 1.82) is 5.26 Å². The van der Waals surface area contributed by atoms with Gasteiger partial charge in [-0.05, 0) is 55.2 Å². The molecule has 0 aromatic heterocycles. The van der Waals surface area contributed by atoms with E-state index in [1.165, 1.54) is 24.8 Å². The van der Waals surface area contributed by atoms with Gasteiger partial charge >= 0.3 is 0 Å². The molecule has 1 aliphatic carbocycles. The molecule has 1 saturated heterocycles. The Bertz CT molecular complexity index is 531. The third-order valence-electron chi connectivity index (χ3n) is 5.05. The van der Waals surface area contributed by atoms with Gasteiger partial charge in [0.15, 0.2) is 0 Å². The van der Waals surface area contributed by atoms with Crippen LogP contribution in [-0.2, 0) is 4.79 Å². The summed E-state index contributed by atoms with van der Waals surface area (Å²) in [6, 6.07) is 10.1. The van der Waals surface area contributed by atoms with E-state index in [0.717, 1.165) is 32.4 Å². The third-order valence-corrected chi connectivity index (χ3v) is 5.05. The lowest BCUT2D eigenvalue weighted by Crippen LogP contribution is -2.39. The lowest BCUT2D eigenvalue weighted by Gasteiger charge is -2.34. The molecule has 0 spiro atoms. The number of nitrogens with zero attached hydrogens (tertiary/aromatic N) is 2. The predicted molar refractivity (Wildman–Crippen MR) is 81.7 cm³/mol. The number of nitriles is 1. The Morgan fingerprint density at radius 3 is 2.33 bits per heavy atom. The topological polar surface area (TPSA) is 44.1 Å². The van der Waals surface area contributed by atoms with Gasteiger partial charge in [-0.1, -0.05) is 18.6 Å². The van der Waals surface area contributed by atoms with E-state index in [1.54, 1.807) is 0 Å². The molecular formula is C18H22N2O. The second-order valence-corrected chi connectivity index (χ2v) is 6.39. The molecule has 0 unspecified atom stereocenters. The Morgan fingerprint density at radius 1 is 1.14 bits per heavy atom. The van der Waals surface area contributed by atoms with Gasteiger partial charge in [-0.2, -0.15) is 5.26 Å². The molecule has 1 amide bonds. The summed E-state index contributed by atoms with van der Waals surface area (Å²) in [4.78, 5) is 14.3. The van der Waals surface area contributed by atoms with E-state index >= 15 is 0 Å². The van der Waals surface area contributed by atoms with Gasteiger partial charge in [0.05, 0.1) is 11.6 Å². The molecule has 21 heavy (non-hydrogen) atoms. The number of carbonyl (C=O) groups excluding carboxylic acids is 1. The summed E-state index contributed by atoms with van der Waals surface area (Å²) in [5, 5.41) is 8.84. The molecule has 3 heteroatoms. The van der Waals surface area contributed by atoms with Crippen LogP contribution in [0.25, 0.3) is 0 Å². The van der Waals surface area contributed by atoms with Crippen LogP contribution in [0.5, 0.6) is 0 Å². The van der Waals surface area contributed by atoms with Gasteiger partial charge in [-0.25, -0.2) is 0 Å². The third kappa shape index (κ3) is 3.26. The number of benzene rings is 1. The Labute approximate surface area is 126 Å². The quantitative estimate of drug-likeness (QED) is 0.852. The highest BCUT2D eigenvalue weighted by atomic mass is 16.2. The molecule has 3 rings (SSSR count). The van der Waals surface area contributed by atoms with E-state index in [9.17, 15) is 4.79 Å². The van der Waals surface area contributed by atoms with Crippen LogP contribution in [0.4, 0.5) is 0 Å². The predicted octanol–water partition coefficient (Wildman–Crippen LogP) is 3.45. The smallest absolute Gasteiger partial charge is 0.222 e. The summed E-state index contributed by atoms with van der Waals surface area (Å²) < 4.78 is 0. The molecule has 0 atom stereocenters. The van der Waals surface area contributed by atoms with Crippen molar-refractivity contribution in [1.82, 2.24) is 4.90 Å². The highest BCUT2D eigenvalue weighted by Gasteiger charge is 2.27. The van der Waals surface area contributed by atoms with Crippen molar-refractivity contribution < 1.29 is 4.79 Å². The number of carbonyl (C=O) groups is 1. The Kier molecular flexibility index (Phi) is 4.24. The largest absolute Gasteiger partial charge is 0.343 e. The molecule has 0 bridgehead atoms. The van der Waals surface area contributed by atoms with E-state index in [2.05, 4.69) is 23.1 Å². The standard InChI is InChI=1S/C18H22N2O/c19-13-15-4-6-16(7-5-15)17-8-10-20(11-9-17)18(21)12-14-2-1-3-14/h4-7,14,17H,1-3,8-12H2. The van der Waals surface area contributed by atoms with Crippen LogP contribution in [0.15, 0.2) is 24.3 Å². The molecule has 0 radical (unpaired) electrons. The fraction of sp³-hybridized carbons (Fsp3) is 0.556. The van der Waals surface area contributed by atoms with E-state index in [-0.39, 0.29) is 0 Å². The van der Waals surface area contributed by atoms with Gasteiger partial charge in [-0.3, -0.25) is 4.79 Å². The molecule has 2 aliphatic rings. The van der Waals surface area contributed by atoms with E-state index in [0.29, 0.717) is 23.3 Å². The zero-order valence-corrected chi connectivity index (χ0v) is 12.4. The van der Waals surface area contributed by atoms with Crippen LogP contribution in [0, 0.1) is 17.2 Å². The molecular weight excluding hydrogens is 260 g/mol. The van der Waals surface area contributed by atoms with Gasteiger partial charge in [0, 0.05) is 19.5 Å². The van der Waals surface area contributed by atoms with Crippen LogP contribution in [0.2, 0.25) is 0 Å². The van der Waals surface area contributed by atoms with Crippen molar-refractivity contribution in [3.05, 3.63) is 35.4 Å². The minimum absolute atomic E-state index is 0.359. The summed E-state index contributed by atoms with van der Waals surface area (Å²) in [5.41, 5.74) is 2.02. The fourth-order valence-electron chi connectivity index (χ4n) is 3.37. The molecule has 2 fully saturated rings. The minimum Gasteiger partial charge on any atom is -0.343 e. The van der Waals surface area contributed by atoms with Crippen molar-refractivity contribution in [2.24, 2.45) is 5.92 Å². The first-order valence-electron chi connectivity index (χ1n) is 8.04. The SMILES string of the molecule is N#Cc1ccc(C2CCN(C(=O)CC3CCC3)CC2)cc1. The zero-order valence-electron chi connectivity index (χ0n) is 12.4. The Hall–Kier alpha value is -1.82. The molecule has 1 heterocycles. The van der Waals surface area contributed by atoms with Gasteiger partial charge in [0.1, 0.15) is 0 Å². The van der Waals surface area contributed by atoms with Gasteiger partial charge < -0.3 is 4.90 Å². The number of hydrogen-bond acceptors (Lipinski definition) is 2. The molecule has 110 valence electrons. The minimum atomic E-state index is 0.359. The molecule has 0 N–H and O–H groups in total. The van der Waals surface area contributed by atoms with E-state index in [4.69, 9.17) is 5.26 Å². The summed E-state index contributed by atoms with van der Waals surface area (Å²) in [7, 11) is 0. The molecule has 1 aromatic carbocycles. The maximum atomic E-state index is 12.2. The summed E-state index contributed by atoms with van der Waals surface area (Å²) in [6.45, 7) is 1.77. The molecule has 1 aromatic rings. The van der Waals surface area contributed by atoms with Crippen molar-refractivity contribution >= 4 is 5.91 Å². The van der Waals surface area contributed by atoms with Gasteiger partial charge in [0.25, 0.3) is 0 Å². The number of rotatable bonds is 3. The van der Waals surface area contributed by atoms with Crippen molar-refractivity contribution in [3.8, 4) is 6.07 Å². The Balaban J connectivity index is 1.52. The first-order valence-corrected chi connectivity index (χ1v) is 8.04. The monoisotopic (exact) mass is 282 g/mol. The van der Waals surface area contributed by atoms with Crippen molar-refractivity contribution in [3.63, 3.8) is 0 Å². The Morgan fingerprint density at radius 2 is 1.81 bits per heavy atom. The van der Waals surface area contributed by atoms with Crippen LogP contribution < -0.4 is 0 Å². The lowest BCUT2D eigenvalue weighted by molar-refractivity contribution is -0.133. The van der Waals surface area contributed by atoms with Crippen LogP contribution >= 0.6 is 0 Å². The van der Waals surface area contributed by atoms with Crippen molar-refractivity contribution in [2.45, 2.75) is 44.4 Å². The first-order chi connectivity index (χ1) is 10.3. The highest BCUT2D eigenvalue weighted by Crippen LogP contribution is 2.32. The average Bonchev–Trinajstić information content (AvgIpc) is 2.51. The lowest BCUT2D eigenvalue weighted by atomic mass is 9.82. The van der Waals surface area contributed by atoms with Crippen molar-refractivity contribution in [2.75, 3.05) is 13.1 Å². The zero-order chi connectivity index (χ0) is 14.7. The molecule has 1 saturated carbocycles. The van der Waals surface area contributed by atoms with Gasteiger partial charge in [-0.15, -0.1) is 0 Å². The number of hydrogen-bond donors (Lipinski definition) is 0. The summed E-state index contributed by atoms with van der Waals surface area (Å²) in [6.07, 6.45) is 6.64. The van der Waals surface area contributed by atoms with Crippen LogP contribution in [0.3, 0.4) is 0 Å². The van der Waals surface area contributed by atoms with Crippen LogP contribution in [0.1, 0.15) is 55.6 Å². The normalized spacial score (nSPS) is 19.9. The number of likely N-dealkylation sites (tertiary alicyclic amines) is 1. The summed E-state index contributed by atoms with van der Waals surface area (Å²) >= 11 is 0. The average molecular weight is 282 g/mol. The maximum absolute atomic E-state index is 12.2. The van der Waals surface area contributed by atoms with Crippen LogP contribution in [-0.4, -0.2) is 23.9 Å². The first kappa shape index (κ1) is 14.1. The highest BCUT2D eigenvalue weighted by molar-refractivity contribution is 5.76. The fourth-order valence-corrected chi connectivity index (χ4v) is 3.37. The molecule has 1 aliphatic heterocycles. The maximum Gasteiger partial charge on any atom is 0.222 e. The van der Waals surface area contributed by atoms with E-state index in [1.807, 2.05) is 12.1 Å². The number of piperidine rings is 1.